The summed E-state index contributed by atoms with van der Waals surface area (Å²) in [6.07, 6.45) is 2.09. The minimum atomic E-state index is -0.192. The smallest absolute Gasteiger partial charge is 0.270 e. The van der Waals surface area contributed by atoms with Crippen LogP contribution < -0.4 is 10.9 Å². The van der Waals surface area contributed by atoms with Gasteiger partial charge in [0.05, 0.1) is 0 Å². The Morgan fingerprint density at radius 1 is 1.08 bits per heavy atom. The lowest BCUT2D eigenvalue weighted by molar-refractivity contribution is 0.0752. The molecule has 2 atom stereocenters. The van der Waals surface area contributed by atoms with E-state index in [4.69, 9.17) is 0 Å². The summed E-state index contributed by atoms with van der Waals surface area (Å²) in [5.74, 6) is 1.31. The van der Waals surface area contributed by atoms with Crippen molar-refractivity contribution < 1.29 is 4.79 Å². The van der Waals surface area contributed by atoms with Crippen molar-refractivity contribution in [1.82, 2.24) is 15.2 Å². The summed E-state index contributed by atoms with van der Waals surface area (Å²) in [5.41, 5.74) is 0.209. The van der Waals surface area contributed by atoms with Gasteiger partial charge >= 0.3 is 0 Å². The number of halogens is 1. The number of hydrogen-bond acceptors (Lipinski definition) is 3. The molecule has 1 aromatic carbocycles. The summed E-state index contributed by atoms with van der Waals surface area (Å²) < 4.78 is 0. The van der Waals surface area contributed by atoms with Crippen molar-refractivity contribution in [2.45, 2.75) is 12.8 Å². The van der Waals surface area contributed by atoms with E-state index in [1.54, 1.807) is 12.1 Å². The first-order valence-corrected chi connectivity index (χ1v) is 8.34. The van der Waals surface area contributed by atoms with Crippen LogP contribution >= 0.6 is 12.4 Å². The second kappa shape index (κ2) is 6.95. The molecule has 2 aromatic rings. The Morgan fingerprint density at radius 2 is 1.75 bits per heavy atom. The fourth-order valence-electron chi connectivity index (χ4n) is 3.92. The largest absolute Gasteiger partial charge is 0.337 e. The number of nitrogens with one attached hydrogen (secondary N) is 2. The molecule has 0 aliphatic carbocycles. The van der Waals surface area contributed by atoms with Gasteiger partial charge in [0.15, 0.2) is 0 Å². The van der Waals surface area contributed by atoms with Gasteiger partial charge in [0.25, 0.3) is 11.5 Å². The molecule has 2 aliphatic heterocycles. The van der Waals surface area contributed by atoms with E-state index < -0.39 is 0 Å². The van der Waals surface area contributed by atoms with Gasteiger partial charge in [-0.05, 0) is 55.3 Å². The molecule has 2 aliphatic rings. The van der Waals surface area contributed by atoms with Crippen molar-refractivity contribution in [2.24, 2.45) is 11.8 Å². The van der Waals surface area contributed by atoms with Crippen LogP contribution in [0.25, 0.3) is 10.8 Å². The highest BCUT2D eigenvalue weighted by atomic mass is 35.5. The number of carbonyl (C=O) groups is 1. The predicted octanol–water partition coefficient (Wildman–Crippen LogP) is 2.02. The monoisotopic (exact) mass is 347 g/mol. The minimum absolute atomic E-state index is 0. The van der Waals surface area contributed by atoms with Crippen LogP contribution in [-0.2, 0) is 0 Å². The molecule has 0 radical (unpaired) electrons. The maximum absolute atomic E-state index is 12.8. The summed E-state index contributed by atoms with van der Waals surface area (Å²) in [5, 5.41) is 4.89. The predicted molar refractivity (Wildman–Crippen MR) is 96.8 cm³/mol. The summed E-state index contributed by atoms with van der Waals surface area (Å²) in [6, 6.07) is 9.17. The number of H-pyrrole nitrogens is 1. The first-order valence-electron chi connectivity index (χ1n) is 8.34. The lowest BCUT2D eigenvalue weighted by Crippen LogP contribution is -2.34. The van der Waals surface area contributed by atoms with E-state index >= 15 is 0 Å². The fourth-order valence-corrected chi connectivity index (χ4v) is 3.92. The number of benzene rings is 1. The highest BCUT2D eigenvalue weighted by molar-refractivity contribution is 5.96. The number of aromatic amines is 1. The number of rotatable bonds is 1. The molecule has 0 bridgehead atoms. The second-order valence-corrected chi connectivity index (χ2v) is 6.65. The van der Waals surface area contributed by atoms with Gasteiger partial charge in [-0.3, -0.25) is 9.59 Å². The molecule has 5 nitrogen and oxygen atoms in total. The number of carbonyl (C=O) groups excluding carboxylic acids is 1. The molecule has 0 unspecified atom stereocenters. The molecule has 24 heavy (non-hydrogen) atoms. The van der Waals surface area contributed by atoms with Gasteiger partial charge in [-0.25, -0.2) is 0 Å². The number of aromatic nitrogens is 1. The normalized spacial score (nSPS) is 23.4. The number of pyridine rings is 1. The molecule has 1 aromatic heterocycles. The number of nitrogens with zero attached hydrogens (tertiary/aromatic N) is 1. The SMILES string of the molecule is Cl.O=C(c1cc2ccccc2c(=O)[nH]1)N1CC[C@@H]2CNC[C@@H]2CC1. The van der Waals surface area contributed by atoms with Crippen molar-refractivity contribution in [3.8, 4) is 0 Å². The van der Waals surface area contributed by atoms with Crippen LogP contribution in [0.15, 0.2) is 35.1 Å². The zero-order valence-electron chi connectivity index (χ0n) is 13.5. The van der Waals surface area contributed by atoms with Crippen LogP contribution in [0.2, 0.25) is 0 Å². The van der Waals surface area contributed by atoms with Crippen molar-refractivity contribution in [3.05, 3.63) is 46.4 Å². The Bertz CT molecular complexity index is 790. The third-order valence-corrected chi connectivity index (χ3v) is 5.29. The average molecular weight is 348 g/mol. The molecule has 4 rings (SSSR count). The maximum atomic E-state index is 12.8. The average Bonchev–Trinajstić information content (AvgIpc) is 2.93. The molecule has 2 saturated heterocycles. The molecule has 0 saturated carbocycles. The Balaban J connectivity index is 0.00000169. The van der Waals surface area contributed by atoms with Crippen molar-refractivity contribution in [2.75, 3.05) is 26.2 Å². The zero-order valence-corrected chi connectivity index (χ0v) is 14.3. The van der Waals surface area contributed by atoms with E-state index in [1.165, 1.54) is 0 Å². The fraction of sp³-hybridized carbons (Fsp3) is 0.444. The summed E-state index contributed by atoms with van der Waals surface area (Å²) >= 11 is 0. The first-order chi connectivity index (χ1) is 11.2. The van der Waals surface area contributed by atoms with Crippen LogP contribution in [0.3, 0.4) is 0 Å². The van der Waals surface area contributed by atoms with Crippen molar-refractivity contribution >= 4 is 29.1 Å². The van der Waals surface area contributed by atoms with Gasteiger partial charge in [0.1, 0.15) is 5.69 Å². The highest BCUT2D eigenvalue weighted by Gasteiger charge is 2.31. The Labute approximate surface area is 146 Å². The van der Waals surface area contributed by atoms with Crippen LogP contribution in [0.4, 0.5) is 0 Å². The maximum Gasteiger partial charge on any atom is 0.270 e. The van der Waals surface area contributed by atoms with Crippen LogP contribution in [0.5, 0.6) is 0 Å². The Kier molecular flexibility index (Phi) is 4.92. The van der Waals surface area contributed by atoms with Gasteiger partial charge in [-0.1, -0.05) is 18.2 Å². The summed E-state index contributed by atoms with van der Waals surface area (Å²) in [7, 11) is 0. The number of amides is 1. The van der Waals surface area contributed by atoms with E-state index in [0.29, 0.717) is 22.9 Å². The quantitative estimate of drug-likeness (QED) is 0.829. The van der Waals surface area contributed by atoms with Gasteiger partial charge in [0.2, 0.25) is 0 Å². The van der Waals surface area contributed by atoms with Gasteiger partial charge in [0, 0.05) is 18.5 Å². The lowest BCUT2D eigenvalue weighted by Gasteiger charge is -2.21. The van der Waals surface area contributed by atoms with Gasteiger partial charge in [-0.15, -0.1) is 12.4 Å². The molecular formula is C18H22ClN3O2. The number of fused-ring (bicyclic) bond motifs is 2. The number of likely N-dealkylation sites (tertiary alicyclic amines) is 1. The van der Waals surface area contributed by atoms with E-state index in [0.717, 1.165) is 44.4 Å². The summed E-state index contributed by atoms with van der Waals surface area (Å²) in [4.78, 5) is 29.6. The lowest BCUT2D eigenvalue weighted by atomic mass is 9.92. The molecule has 6 heteroatoms. The van der Waals surface area contributed by atoms with E-state index in [-0.39, 0.29) is 23.9 Å². The molecule has 2 fully saturated rings. The Hall–Kier alpha value is -1.85. The van der Waals surface area contributed by atoms with Crippen LogP contribution in [-0.4, -0.2) is 42.0 Å². The molecule has 128 valence electrons. The summed E-state index contributed by atoms with van der Waals surface area (Å²) in [6.45, 7) is 3.69. The molecule has 0 spiro atoms. The van der Waals surface area contributed by atoms with E-state index in [9.17, 15) is 9.59 Å². The highest BCUT2D eigenvalue weighted by Crippen LogP contribution is 2.27. The van der Waals surface area contributed by atoms with Crippen molar-refractivity contribution in [1.29, 1.82) is 0 Å². The van der Waals surface area contributed by atoms with Gasteiger partial charge < -0.3 is 15.2 Å². The number of hydrogen-bond donors (Lipinski definition) is 2. The third-order valence-electron chi connectivity index (χ3n) is 5.29. The second-order valence-electron chi connectivity index (χ2n) is 6.65. The van der Waals surface area contributed by atoms with Crippen molar-refractivity contribution in [3.63, 3.8) is 0 Å². The molecule has 2 N–H and O–H groups in total. The first kappa shape index (κ1) is 17.0. The van der Waals surface area contributed by atoms with Gasteiger partial charge in [-0.2, -0.15) is 0 Å². The molecule has 3 heterocycles. The third kappa shape index (κ3) is 3.06. The molecule has 1 amide bonds. The Morgan fingerprint density at radius 3 is 2.46 bits per heavy atom. The van der Waals surface area contributed by atoms with Crippen LogP contribution in [0, 0.1) is 11.8 Å². The standard InChI is InChI=1S/C18H21N3O2.ClH/c22-17-15-4-2-1-3-12(15)9-16(20-17)18(23)21-7-5-13-10-19-11-14(13)6-8-21;/h1-4,9,13-14,19H,5-8,10-11H2,(H,20,22);1H/t13-,14+;. The molecular weight excluding hydrogens is 326 g/mol. The zero-order chi connectivity index (χ0) is 15.8. The van der Waals surface area contributed by atoms with E-state index in [2.05, 4.69) is 10.3 Å². The topological polar surface area (TPSA) is 65.2 Å². The van der Waals surface area contributed by atoms with Crippen LogP contribution in [0.1, 0.15) is 23.3 Å². The minimum Gasteiger partial charge on any atom is -0.337 e. The van der Waals surface area contributed by atoms with E-state index in [1.807, 2.05) is 23.1 Å².